The Kier molecular flexibility index (Phi) is 2.67. The summed E-state index contributed by atoms with van der Waals surface area (Å²) in [6.07, 6.45) is 0. The van der Waals surface area contributed by atoms with Crippen LogP contribution in [0, 0.1) is 0 Å². The van der Waals surface area contributed by atoms with Gasteiger partial charge < -0.3 is 11.5 Å². The summed E-state index contributed by atoms with van der Waals surface area (Å²) in [4.78, 5) is 0. The first-order valence-electron chi connectivity index (χ1n) is 5.32. The maximum Gasteiger partial charge on any atom is 0.0657 e. The van der Waals surface area contributed by atoms with Crippen LogP contribution >= 0.6 is 0 Å². The van der Waals surface area contributed by atoms with Crippen molar-refractivity contribution in [3.05, 3.63) is 65.7 Å². The second-order valence-electron chi connectivity index (χ2n) is 4.16. The van der Waals surface area contributed by atoms with E-state index in [1.807, 2.05) is 61.5 Å². The third-order valence-electron chi connectivity index (χ3n) is 2.89. The molecule has 2 aromatic carbocycles. The summed E-state index contributed by atoms with van der Waals surface area (Å²) in [6.45, 7) is 1.98. The molecule has 4 N–H and O–H groups in total. The lowest BCUT2D eigenvalue weighted by Gasteiger charge is -2.27. The SMILES string of the molecule is CC(N)(c1ccccc1)c1ccccc1N. The zero-order valence-corrected chi connectivity index (χ0v) is 9.35. The molecule has 0 heterocycles. The molecule has 2 rings (SSSR count). The number of benzene rings is 2. The third kappa shape index (κ3) is 1.79. The fraction of sp³-hybridized carbons (Fsp3) is 0.143. The average Bonchev–Trinajstić information content (AvgIpc) is 2.30. The molecule has 2 nitrogen and oxygen atoms in total. The van der Waals surface area contributed by atoms with Gasteiger partial charge in [0.1, 0.15) is 0 Å². The van der Waals surface area contributed by atoms with Crippen LogP contribution in [0.3, 0.4) is 0 Å². The molecule has 16 heavy (non-hydrogen) atoms. The molecule has 0 fully saturated rings. The Hall–Kier alpha value is -1.80. The van der Waals surface area contributed by atoms with E-state index >= 15 is 0 Å². The predicted molar refractivity (Wildman–Crippen MR) is 67.9 cm³/mol. The molecule has 0 spiro atoms. The molecule has 0 bridgehead atoms. The van der Waals surface area contributed by atoms with E-state index in [4.69, 9.17) is 11.5 Å². The molecular formula is C14H16N2. The minimum Gasteiger partial charge on any atom is -0.398 e. The lowest BCUT2D eigenvalue weighted by atomic mass is 9.85. The van der Waals surface area contributed by atoms with Gasteiger partial charge in [-0.3, -0.25) is 0 Å². The first kappa shape index (κ1) is 10.7. The molecule has 0 amide bonds. The van der Waals surface area contributed by atoms with Crippen molar-refractivity contribution in [2.75, 3.05) is 5.73 Å². The van der Waals surface area contributed by atoms with Gasteiger partial charge in [-0.25, -0.2) is 0 Å². The molecule has 0 saturated carbocycles. The summed E-state index contributed by atoms with van der Waals surface area (Å²) < 4.78 is 0. The van der Waals surface area contributed by atoms with Gasteiger partial charge in [-0.15, -0.1) is 0 Å². The largest absolute Gasteiger partial charge is 0.398 e. The fourth-order valence-corrected chi connectivity index (χ4v) is 1.91. The van der Waals surface area contributed by atoms with E-state index in [2.05, 4.69) is 0 Å². The zero-order valence-electron chi connectivity index (χ0n) is 9.35. The van der Waals surface area contributed by atoms with Crippen LogP contribution in [0.1, 0.15) is 18.1 Å². The second-order valence-corrected chi connectivity index (χ2v) is 4.16. The van der Waals surface area contributed by atoms with Crippen molar-refractivity contribution in [3.8, 4) is 0 Å². The number of rotatable bonds is 2. The van der Waals surface area contributed by atoms with Crippen molar-refractivity contribution in [3.63, 3.8) is 0 Å². The normalized spacial score (nSPS) is 14.4. The zero-order chi connectivity index (χ0) is 11.6. The highest BCUT2D eigenvalue weighted by atomic mass is 14.7. The number of nitrogens with two attached hydrogens (primary N) is 2. The lowest BCUT2D eigenvalue weighted by Crippen LogP contribution is -2.35. The van der Waals surface area contributed by atoms with Crippen molar-refractivity contribution in [1.29, 1.82) is 0 Å². The fourth-order valence-electron chi connectivity index (χ4n) is 1.91. The van der Waals surface area contributed by atoms with Crippen molar-refractivity contribution in [1.82, 2.24) is 0 Å². The smallest absolute Gasteiger partial charge is 0.0657 e. The van der Waals surface area contributed by atoms with E-state index in [-0.39, 0.29) is 0 Å². The van der Waals surface area contributed by atoms with Gasteiger partial charge in [0.25, 0.3) is 0 Å². The highest BCUT2D eigenvalue weighted by molar-refractivity contribution is 5.53. The first-order chi connectivity index (χ1) is 7.62. The number of nitrogen functional groups attached to an aromatic ring is 1. The van der Waals surface area contributed by atoms with E-state index in [9.17, 15) is 0 Å². The van der Waals surface area contributed by atoms with Gasteiger partial charge >= 0.3 is 0 Å². The van der Waals surface area contributed by atoms with Crippen LogP contribution in [0.2, 0.25) is 0 Å². The summed E-state index contributed by atoms with van der Waals surface area (Å²) in [5.41, 5.74) is 14.6. The van der Waals surface area contributed by atoms with Gasteiger partial charge in [0.15, 0.2) is 0 Å². The standard InChI is InChI=1S/C14H16N2/c1-14(16,11-7-3-2-4-8-11)12-9-5-6-10-13(12)15/h2-10H,15-16H2,1H3. The van der Waals surface area contributed by atoms with Gasteiger partial charge in [-0.05, 0) is 24.1 Å². The van der Waals surface area contributed by atoms with Crippen LogP contribution in [-0.4, -0.2) is 0 Å². The Labute approximate surface area is 95.9 Å². The van der Waals surface area contributed by atoms with Gasteiger partial charge in [-0.1, -0.05) is 48.5 Å². The van der Waals surface area contributed by atoms with Crippen molar-refractivity contribution < 1.29 is 0 Å². The van der Waals surface area contributed by atoms with Crippen LogP contribution < -0.4 is 11.5 Å². The maximum atomic E-state index is 6.38. The van der Waals surface area contributed by atoms with Gasteiger partial charge in [0.05, 0.1) is 5.54 Å². The van der Waals surface area contributed by atoms with Crippen LogP contribution in [0.15, 0.2) is 54.6 Å². The molecule has 1 unspecified atom stereocenters. The van der Waals surface area contributed by atoms with Gasteiger partial charge in [0.2, 0.25) is 0 Å². The van der Waals surface area contributed by atoms with E-state index in [1.54, 1.807) is 0 Å². The second kappa shape index (κ2) is 3.99. The molecule has 0 aliphatic heterocycles. The topological polar surface area (TPSA) is 52.0 Å². The molecule has 2 aromatic rings. The predicted octanol–water partition coefficient (Wildman–Crippen LogP) is 2.49. The van der Waals surface area contributed by atoms with Gasteiger partial charge in [0, 0.05) is 5.69 Å². The van der Waals surface area contributed by atoms with Crippen molar-refractivity contribution in [2.24, 2.45) is 5.73 Å². The van der Waals surface area contributed by atoms with Crippen LogP contribution in [0.5, 0.6) is 0 Å². The van der Waals surface area contributed by atoms with Crippen LogP contribution in [0.4, 0.5) is 5.69 Å². The Morgan fingerprint density at radius 1 is 0.875 bits per heavy atom. The lowest BCUT2D eigenvalue weighted by molar-refractivity contribution is 0.605. The third-order valence-corrected chi connectivity index (χ3v) is 2.89. The Morgan fingerprint density at radius 2 is 1.44 bits per heavy atom. The highest BCUT2D eigenvalue weighted by Gasteiger charge is 2.25. The summed E-state index contributed by atoms with van der Waals surface area (Å²) in [5, 5.41) is 0. The Balaban J connectivity index is 2.51. The molecule has 0 aliphatic carbocycles. The molecule has 0 aliphatic rings. The summed E-state index contributed by atoms with van der Waals surface area (Å²) in [5.74, 6) is 0. The average molecular weight is 212 g/mol. The number of anilines is 1. The van der Waals surface area contributed by atoms with Crippen molar-refractivity contribution in [2.45, 2.75) is 12.5 Å². The van der Waals surface area contributed by atoms with Crippen LogP contribution in [-0.2, 0) is 5.54 Å². The molecule has 0 aromatic heterocycles. The van der Waals surface area contributed by atoms with E-state index in [1.165, 1.54) is 0 Å². The van der Waals surface area contributed by atoms with Crippen LogP contribution in [0.25, 0.3) is 0 Å². The molecule has 82 valence electrons. The van der Waals surface area contributed by atoms with Gasteiger partial charge in [-0.2, -0.15) is 0 Å². The molecule has 2 heteroatoms. The monoisotopic (exact) mass is 212 g/mol. The minimum absolute atomic E-state index is 0.549. The summed E-state index contributed by atoms with van der Waals surface area (Å²) in [7, 11) is 0. The maximum absolute atomic E-state index is 6.38. The number of hydrogen-bond donors (Lipinski definition) is 2. The first-order valence-corrected chi connectivity index (χ1v) is 5.32. The molecule has 0 radical (unpaired) electrons. The molecule has 1 atom stereocenters. The molecule has 0 saturated heterocycles. The Bertz CT molecular complexity index is 475. The summed E-state index contributed by atoms with van der Waals surface area (Å²) in [6, 6.07) is 17.7. The quantitative estimate of drug-likeness (QED) is 0.751. The highest BCUT2D eigenvalue weighted by Crippen LogP contribution is 2.29. The van der Waals surface area contributed by atoms with E-state index < -0.39 is 5.54 Å². The minimum atomic E-state index is -0.549. The van der Waals surface area contributed by atoms with Crippen molar-refractivity contribution >= 4 is 5.69 Å². The van der Waals surface area contributed by atoms with E-state index in [0.717, 1.165) is 16.8 Å². The summed E-state index contributed by atoms with van der Waals surface area (Å²) >= 11 is 0. The Morgan fingerprint density at radius 3 is 2.06 bits per heavy atom. The van der Waals surface area contributed by atoms with E-state index in [0.29, 0.717) is 0 Å². The molecular weight excluding hydrogens is 196 g/mol. The number of hydrogen-bond acceptors (Lipinski definition) is 2. The number of para-hydroxylation sites is 1.